The monoisotopic (exact) mass is 254 g/mol. The number of nitro groups is 1. The summed E-state index contributed by atoms with van der Waals surface area (Å²) in [4.78, 5) is 9.97. The molecular formula is C11H18N4O3. The van der Waals surface area contributed by atoms with E-state index in [1.807, 2.05) is 0 Å². The van der Waals surface area contributed by atoms with E-state index in [2.05, 4.69) is 24.3 Å². The Morgan fingerprint density at radius 3 is 2.94 bits per heavy atom. The Bertz CT molecular complexity index is 443. The maximum Gasteiger partial charge on any atom is 0.306 e. The Balaban J connectivity index is 1.76. The summed E-state index contributed by atoms with van der Waals surface area (Å²) in [6.07, 6.45) is 3.03. The van der Waals surface area contributed by atoms with Crippen molar-refractivity contribution in [2.24, 2.45) is 5.41 Å². The SMILES string of the molecule is CC1(C)CC1NCC(O)Cn1cc([N+](=O)[O-])cn1. The number of rotatable bonds is 6. The van der Waals surface area contributed by atoms with Crippen LogP contribution in [-0.4, -0.2) is 38.5 Å². The minimum atomic E-state index is -0.596. The van der Waals surface area contributed by atoms with Crippen molar-refractivity contribution in [2.75, 3.05) is 6.54 Å². The zero-order valence-corrected chi connectivity index (χ0v) is 10.5. The fourth-order valence-electron chi connectivity index (χ4n) is 1.92. The van der Waals surface area contributed by atoms with Gasteiger partial charge in [-0.1, -0.05) is 13.8 Å². The van der Waals surface area contributed by atoms with Gasteiger partial charge in [-0.05, 0) is 11.8 Å². The number of nitrogens with zero attached hydrogens (tertiary/aromatic N) is 3. The molecule has 1 aliphatic rings. The number of aromatic nitrogens is 2. The zero-order valence-electron chi connectivity index (χ0n) is 10.5. The molecule has 2 N–H and O–H groups in total. The number of hydrogen-bond donors (Lipinski definition) is 2. The van der Waals surface area contributed by atoms with E-state index in [1.54, 1.807) is 0 Å². The van der Waals surface area contributed by atoms with Crippen LogP contribution in [0.1, 0.15) is 20.3 Å². The van der Waals surface area contributed by atoms with E-state index in [1.165, 1.54) is 17.1 Å². The quantitative estimate of drug-likeness (QED) is 0.571. The van der Waals surface area contributed by atoms with Crippen molar-refractivity contribution in [1.29, 1.82) is 0 Å². The van der Waals surface area contributed by atoms with E-state index in [9.17, 15) is 15.2 Å². The molecule has 2 rings (SSSR count). The second-order valence-corrected chi connectivity index (χ2v) is 5.49. The third-order valence-electron chi connectivity index (χ3n) is 3.34. The van der Waals surface area contributed by atoms with Gasteiger partial charge in [0.05, 0.1) is 17.6 Å². The summed E-state index contributed by atoms with van der Waals surface area (Å²) < 4.78 is 1.39. The standard InChI is InChI=1S/C11H18N4O3/c1-11(2)3-10(11)12-5-9(16)7-14-6-8(4-13-14)15(17)18/h4,6,9-10,12,16H,3,5,7H2,1-2H3. The Morgan fingerprint density at radius 2 is 2.44 bits per heavy atom. The molecule has 18 heavy (non-hydrogen) atoms. The van der Waals surface area contributed by atoms with Crippen LogP contribution in [0.15, 0.2) is 12.4 Å². The van der Waals surface area contributed by atoms with Crippen LogP contribution >= 0.6 is 0 Å². The fourth-order valence-corrected chi connectivity index (χ4v) is 1.92. The first kappa shape index (κ1) is 13.0. The van der Waals surface area contributed by atoms with Gasteiger partial charge in [0.15, 0.2) is 0 Å². The van der Waals surface area contributed by atoms with Crippen molar-refractivity contribution in [3.63, 3.8) is 0 Å². The summed E-state index contributed by atoms with van der Waals surface area (Å²) >= 11 is 0. The molecule has 7 nitrogen and oxygen atoms in total. The molecule has 1 aliphatic carbocycles. The van der Waals surface area contributed by atoms with Crippen LogP contribution in [0.5, 0.6) is 0 Å². The predicted octanol–water partition coefficient (Wildman–Crippen LogP) is 0.540. The van der Waals surface area contributed by atoms with Crippen LogP contribution in [0.4, 0.5) is 5.69 Å². The first-order valence-electron chi connectivity index (χ1n) is 5.97. The third-order valence-corrected chi connectivity index (χ3v) is 3.34. The summed E-state index contributed by atoms with van der Waals surface area (Å²) in [7, 11) is 0. The lowest BCUT2D eigenvalue weighted by atomic mass is 10.2. The summed E-state index contributed by atoms with van der Waals surface area (Å²) in [5.74, 6) is 0. The van der Waals surface area contributed by atoms with Crippen molar-refractivity contribution in [1.82, 2.24) is 15.1 Å². The normalized spacial score (nSPS) is 22.7. The maximum atomic E-state index is 10.5. The highest BCUT2D eigenvalue weighted by Gasteiger charge is 2.45. The van der Waals surface area contributed by atoms with Crippen LogP contribution in [-0.2, 0) is 6.54 Å². The molecular weight excluding hydrogens is 236 g/mol. The van der Waals surface area contributed by atoms with Gasteiger partial charge in [0, 0.05) is 12.6 Å². The molecule has 1 fully saturated rings. The highest BCUT2D eigenvalue weighted by atomic mass is 16.6. The molecule has 7 heteroatoms. The summed E-state index contributed by atoms with van der Waals surface area (Å²) in [6.45, 7) is 5.08. The average molecular weight is 254 g/mol. The molecule has 0 amide bonds. The number of aliphatic hydroxyl groups is 1. The molecule has 0 aromatic carbocycles. The van der Waals surface area contributed by atoms with Gasteiger partial charge in [-0.3, -0.25) is 14.8 Å². The van der Waals surface area contributed by atoms with Crippen LogP contribution in [0.25, 0.3) is 0 Å². The van der Waals surface area contributed by atoms with Gasteiger partial charge in [-0.25, -0.2) is 0 Å². The van der Waals surface area contributed by atoms with Crippen LogP contribution in [0, 0.1) is 15.5 Å². The van der Waals surface area contributed by atoms with Gasteiger partial charge < -0.3 is 10.4 Å². The minimum absolute atomic E-state index is 0.0570. The maximum absolute atomic E-state index is 10.5. The van der Waals surface area contributed by atoms with Crippen molar-refractivity contribution < 1.29 is 10.0 Å². The smallest absolute Gasteiger partial charge is 0.306 e. The lowest BCUT2D eigenvalue weighted by Crippen LogP contribution is -2.33. The summed E-state index contributed by atoms with van der Waals surface area (Å²) in [5, 5.41) is 27.4. The molecule has 2 unspecified atom stereocenters. The molecule has 1 heterocycles. The Morgan fingerprint density at radius 1 is 1.78 bits per heavy atom. The molecule has 0 saturated heterocycles. The highest BCUT2D eigenvalue weighted by Crippen LogP contribution is 2.44. The second-order valence-electron chi connectivity index (χ2n) is 5.49. The molecule has 0 spiro atoms. The minimum Gasteiger partial charge on any atom is -0.390 e. The Hall–Kier alpha value is -1.47. The third kappa shape index (κ3) is 3.05. The van der Waals surface area contributed by atoms with Crippen molar-refractivity contribution in [3.05, 3.63) is 22.5 Å². The van der Waals surface area contributed by atoms with E-state index in [4.69, 9.17) is 0 Å². The van der Waals surface area contributed by atoms with Crippen molar-refractivity contribution in [3.8, 4) is 0 Å². The predicted molar refractivity (Wildman–Crippen MR) is 65.1 cm³/mol. The average Bonchev–Trinajstić information content (AvgIpc) is 2.71. The lowest BCUT2D eigenvalue weighted by Gasteiger charge is -2.12. The molecule has 1 aromatic heterocycles. The second kappa shape index (κ2) is 4.66. The number of aliphatic hydroxyl groups excluding tert-OH is 1. The summed E-state index contributed by atoms with van der Waals surface area (Å²) in [6, 6.07) is 0.458. The van der Waals surface area contributed by atoms with E-state index in [0.717, 1.165) is 6.42 Å². The zero-order chi connectivity index (χ0) is 13.3. The number of nitrogens with one attached hydrogen (secondary N) is 1. The van der Waals surface area contributed by atoms with Gasteiger partial charge in [0.2, 0.25) is 0 Å². The molecule has 0 bridgehead atoms. The van der Waals surface area contributed by atoms with E-state index < -0.39 is 11.0 Å². The van der Waals surface area contributed by atoms with E-state index >= 15 is 0 Å². The largest absolute Gasteiger partial charge is 0.390 e. The highest BCUT2D eigenvalue weighted by molar-refractivity contribution is 5.20. The van der Waals surface area contributed by atoms with Gasteiger partial charge in [0.1, 0.15) is 12.4 Å². The lowest BCUT2D eigenvalue weighted by molar-refractivity contribution is -0.385. The van der Waals surface area contributed by atoms with Gasteiger partial charge in [-0.15, -0.1) is 0 Å². The first-order chi connectivity index (χ1) is 8.38. The van der Waals surface area contributed by atoms with Crippen LogP contribution in [0.3, 0.4) is 0 Å². The van der Waals surface area contributed by atoms with E-state index in [0.29, 0.717) is 18.0 Å². The molecule has 0 radical (unpaired) electrons. The first-order valence-corrected chi connectivity index (χ1v) is 5.97. The van der Waals surface area contributed by atoms with Crippen LogP contribution in [0.2, 0.25) is 0 Å². The topological polar surface area (TPSA) is 93.2 Å². The Labute approximate surface area is 105 Å². The van der Waals surface area contributed by atoms with Gasteiger partial charge in [0.25, 0.3) is 0 Å². The fraction of sp³-hybridized carbons (Fsp3) is 0.727. The summed E-state index contributed by atoms with van der Waals surface area (Å²) in [5.41, 5.74) is 0.267. The molecule has 2 atom stereocenters. The van der Waals surface area contributed by atoms with Gasteiger partial charge in [-0.2, -0.15) is 5.10 Å². The molecule has 1 saturated carbocycles. The number of hydrogen-bond acceptors (Lipinski definition) is 5. The van der Waals surface area contributed by atoms with Crippen molar-refractivity contribution in [2.45, 2.75) is 39.0 Å². The Kier molecular flexibility index (Phi) is 3.36. The van der Waals surface area contributed by atoms with Crippen LogP contribution < -0.4 is 5.32 Å². The van der Waals surface area contributed by atoms with E-state index in [-0.39, 0.29) is 12.2 Å². The molecule has 1 aromatic rings. The molecule has 100 valence electrons. The van der Waals surface area contributed by atoms with Gasteiger partial charge >= 0.3 is 5.69 Å². The molecule has 0 aliphatic heterocycles. The van der Waals surface area contributed by atoms with Crippen molar-refractivity contribution >= 4 is 5.69 Å².